The summed E-state index contributed by atoms with van der Waals surface area (Å²) in [6.07, 6.45) is 0. The van der Waals surface area contributed by atoms with E-state index in [0.717, 1.165) is 16.8 Å². The first-order chi connectivity index (χ1) is 13.2. The lowest BCUT2D eigenvalue weighted by molar-refractivity contribution is 0.415. The molecule has 0 aliphatic carbocycles. The molecule has 0 bridgehead atoms. The van der Waals surface area contributed by atoms with E-state index in [1.807, 2.05) is 24.3 Å². The monoisotopic (exact) mass is 381 g/mol. The maximum absolute atomic E-state index is 12.3. The Hall–Kier alpha value is -3.39. The van der Waals surface area contributed by atoms with Crippen LogP contribution < -0.4 is 20.4 Å². The fourth-order valence-electron chi connectivity index (χ4n) is 2.58. The predicted molar refractivity (Wildman–Crippen MR) is 104 cm³/mol. The average Bonchev–Trinajstić information content (AvgIpc) is 3.15. The molecule has 0 saturated heterocycles. The molecule has 0 amide bonds. The van der Waals surface area contributed by atoms with Crippen LogP contribution in [-0.2, 0) is 0 Å². The molecule has 4 aromatic rings. The molecule has 0 fully saturated rings. The van der Waals surface area contributed by atoms with Gasteiger partial charge in [0.2, 0.25) is 5.13 Å². The number of nitrogens with zero attached hydrogens (tertiary/aromatic N) is 2. The van der Waals surface area contributed by atoms with E-state index < -0.39 is 5.63 Å². The van der Waals surface area contributed by atoms with Crippen LogP contribution >= 0.6 is 11.3 Å². The van der Waals surface area contributed by atoms with Gasteiger partial charge in [-0.05, 0) is 36.4 Å². The largest absolute Gasteiger partial charge is 0.497 e. The van der Waals surface area contributed by atoms with Crippen LogP contribution in [0.1, 0.15) is 0 Å². The van der Waals surface area contributed by atoms with Crippen molar-refractivity contribution >= 4 is 33.1 Å². The van der Waals surface area contributed by atoms with Gasteiger partial charge in [0.05, 0.1) is 19.8 Å². The van der Waals surface area contributed by atoms with Gasteiger partial charge in [-0.25, -0.2) is 4.79 Å². The van der Waals surface area contributed by atoms with E-state index >= 15 is 0 Å². The molecule has 1 N–H and O–H groups in total. The Kier molecular flexibility index (Phi) is 4.47. The topological polar surface area (TPSA) is 86.5 Å². The zero-order valence-electron chi connectivity index (χ0n) is 14.6. The Balaban J connectivity index is 1.67. The van der Waals surface area contributed by atoms with Gasteiger partial charge in [-0.1, -0.05) is 17.4 Å². The summed E-state index contributed by atoms with van der Waals surface area (Å²) < 4.78 is 15.8. The molecule has 27 heavy (non-hydrogen) atoms. The van der Waals surface area contributed by atoms with Gasteiger partial charge in [-0.2, -0.15) is 0 Å². The minimum atomic E-state index is -0.461. The summed E-state index contributed by atoms with van der Waals surface area (Å²) in [6.45, 7) is 0. The molecule has 7 nitrogen and oxygen atoms in total. The van der Waals surface area contributed by atoms with Crippen molar-refractivity contribution in [3.05, 3.63) is 59.0 Å². The second-order valence-corrected chi connectivity index (χ2v) is 6.60. The first-order valence-corrected chi connectivity index (χ1v) is 8.85. The number of hydrogen-bond acceptors (Lipinski definition) is 8. The molecule has 136 valence electrons. The Morgan fingerprint density at radius 2 is 1.81 bits per heavy atom. The van der Waals surface area contributed by atoms with Gasteiger partial charge in [0.1, 0.15) is 17.1 Å². The molecule has 0 radical (unpaired) electrons. The highest BCUT2D eigenvalue weighted by Crippen LogP contribution is 2.30. The van der Waals surface area contributed by atoms with E-state index in [4.69, 9.17) is 13.9 Å². The average molecular weight is 381 g/mol. The van der Waals surface area contributed by atoms with Gasteiger partial charge in [0.15, 0.2) is 5.01 Å². The molecule has 0 atom stereocenters. The fourth-order valence-corrected chi connectivity index (χ4v) is 3.35. The molecule has 2 aromatic heterocycles. The number of rotatable bonds is 5. The van der Waals surface area contributed by atoms with E-state index in [9.17, 15) is 4.79 Å². The van der Waals surface area contributed by atoms with Gasteiger partial charge >= 0.3 is 5.63 Å². The lowest BCUT2D eigenvalue weighted by atomic mass is 10.2. The molecule has 0 saturated carbocycles. The quantitative estimate of drug-likeness (QED) is 0.521. The second kappa shape index (κ2) is 7.08. The second-order valence-electron chi connectivity index (χ2n) is 5.62. The van der Waals surface area contributed by atoms with Gasteiger partial charge in [0, 0.05) is 17.1 Å². The molecule has 0 aliphatic rings. The molecular formula is C19H15N3O4S. The first-order valence-electron chi connectivity index (χ1n) is 8.03. The maximum Gasteiger partial charge on any atom is 0.346 e. The van der Waals surface area contributed by atoms with Crippen LogP contribution in [0.4, 0.5) is 10.8 Å². The third-order valence-corrected chi connectivity index (χ3v) is 4.79. The van der Waals surface area contributed by atoms with Crippen molar-refractivity contribution in [1.82, 2.24) is 10.2 Å². The number of aromatic nitrogens is 2. The summed E-state index contributed by atoms with van der Waals surface area (Å²) in [5.41, 5.74) is 1.19. The molecule has 2 heterocycles. The Labute approximate surface area is 158 Å². The Morgan fingerprint density at radius 1 is 1.00 bits per heavy atom. The van der Waals surface area contributed by atoms with Crippen molar-refractivity contribution in [1.29, 1.82) is 0 Å². The van der Waals surface area contributed by atoms with Crippen molar-refractivity contribution in [3.63, 3.8) is 0 Å². The third-order valence-electron chi connectivity index (χ3n) is 3.92. The van der Waals surface area contributed by atoms with Crippen LogP contribution in [0, 0.1) is 0 Å². The zero-order chi connectivity index (χ0) is 18.8. The number of nitrogens with one attached hydrogen (secondary N) is 1. The van der Waals surface area contributed by atoms with Gasteiger partial charge in [-0.15, -0.1) is 10.2 Å². The summed E-state index contributed by atoms with van der Waals surface area (Å²) >= 11 is 1.26. The van der Waals surface area contributed by atoms with Crippen molar-refractivity contribution in [2.45, 2.75) is 0 Å². The minimum Gasteiger partial charge on any atom is -0.497 e. The summed E-state index contributed by atoms with van der Waals surface area (Å²) in [7, 11) is 3.19. The van der Waals surface area contributed by atoms with E-state index in [0.29, 0.717) is 27.0 Å². The SMILES string of the molecule is COc1cccc(Nc2nnc(-c3cc4cc(OC)ccc4oc3=O)s2)c1. The van der Waals surface area contributed by atoms with Gasteiger partial charge < -0.3 is 19.2 Å². The van der Waals surface area contributed by atoms with Gasteiger partial charge in [-0.3, -0.25) is 0 Å². The lowest BCUT2D eigenvalue weighted by Gasteiger charge is -2.04. The van der Waals surface area contributed by atoms with Crippen molar-refractivity contribution in [2.24, 2.45) is 0 Å². The zero-order valence-corrected chi connectivity index (χ0v) is 15.4. The predicted octanol–water partition coefficient (Wildman–Crippen LogP) is 4.07. The van der Waals surface area contributed by atoms with Crippen molar-refractivity contribution in [3.8, 4) is 22.1 Å². The summed E-state index contributed by atoms with van der Waals surface area (Å²) in [6, 6.07) is 14.4. The Bertz CT molecular complexity index is 1170. The minimum absolute atomic E-state index is 0.354. The van der Waals surface area contributed by atoms with Crippen molar-refractivity contribution in [2.75, 3.05) is 19.5 Å². The lowest BCUT2D eigenvalue weighted by Crippen LogP contribution is -2.02. The van der Waals surface area contributed by atoms with Crippen LogP contribution in [0.15, 0.2) is 57.7 Å². The normalized spacial score (nSPS) is 10.7. The maximum atomic E-state index is 12.3. The highest BCUT2D eigenvalue weighted by molar-refractivity contribution is 7.18. The fraction of sp³-hybridized carbons (Fsp3) is 0.105. The molecule has 4 rings (SSSR count). The molecule has 0 aliphatic heterocycles. The molecule has 2 aromatic carbocycles. The van der Waals surface area contributed by atoms with Crippen LogP contribution in [0.2, 0.25) is 0 Å². The van der Waals surface area contributed by atoms with Crippen LogP contribution in [-0.4, -0.2) is 24.4 Å². The summed E-state index contributed by atoms with van der Waals surface area (Å²) in [5.74, 6) is 1.41. The number of hydrogen-bond donors (Lipinski definition) is 1. The first kappa shape index (κ1) is 17.0. The summed E-state index contributed by atoms with van der Waals surface area (Å²) in [5, 5.41) is 13.2. The van der Waals surface area contributed by atoms with Crippen LogP contribution in [0.3, 0.4) is 0 Å². The Morgan fingerprint density at radius 3 is 2.63 bits per heavy atom. The third kappa shape index (κ3) is 3.47. The van der Waals surface area contributed by atoms with Gasteiger partial charge in [0.25, 0.3) is 0 Å². The molecule has 0 spiro atoms. The molecule has 0 unspecified atom stereocenters. The smallest absolute Gasteiger partial charge is 0.346 e. The summed E-state index contributed by atoms with van der Waals surface area (Å²) in [4.78, 5) is 12.3. The highest BCUT2D eigenvalue weighted by Gasteiger charge is 2.14. The number of methoxy groups -OCH3 is 2. The van der Waals surface area contributed by atoms with Crippen LogP contribution in [0.5, 0.6) is 11.5 Å². The number of benzene rings is 2. The number of ether oxygens (including phenoxy) is 2. The van der Waals surface area contributed by atoms with Crippen molar-refractivity contribution < 1.29 is 13.9 Å². The van der Waals surface area contributed by atoms with E-state index in [-0.39, 0.29) is 0 Å². The van der Waals surface area contributed by atoms with E-state index in [2.05, 4.69) is 15.5 Å². The number of fused-ring (bicyclic) bond motifs is 1. The highest BCUT2D eigenvalue weighted by atomic mass is 32.1. The number of anilines is 2. The van der Waals surface area contributed by atoms with E-state index in [1.54, 1.807) is 38.5 Å². The van der Waals surface area contributed by atoms with Crippen LogP contribution in [0.25, 0.3) is 21.5 Å². The molecule has 8 heteroatoms. The standard InChI is InChI=1S/C19H15N3O4S/c1-24-13-5-3-4-12(10-13)20-19-22-21-17(27-19)15-9-11-8-14(25-2)6-7-16(11)26-18(15)23/h3-10H,1-2H3,(H,20,22). The van der Waals surface area contributed by atoms with E-state index in [1.165, 1.54) is 11.3 Å². The molecular weight excluding hydrogens is 366 g/mol.